The molecule has 0 aliphatic carbocycles. The summed E-state index contributed by atoms with van der Waals surface area (Å²) in [5, 5.41) is 3.57. The second kappa shape index (κ2) is 7.73. The SMILES string of the molecule is CCOc1c(Cl)cc(C(=O)Nc2nc3cc4c(cc3s2)OCCO4)cc1OC. The molecule has 9 heteroatoms. The molecular formula is C19H17ClN2O5S. The number of aromatic nitrogens is 1. The number of rotatable bonds is 5. The van der Waals surface area contributed by atoms with Crippen LogP contribution in [0.5, 0.6) is 23.0 Å². The van der Waals surface area contributed by atoms with Crippen LogP contribution < -0.4 is 24.3 Å². The molecule has 1 amide bonds. The van der Waals surface area contributed by atoms with Crippen LogP contribution in [0.3, 0.4) is 0 Å². The Morgan fingerprint density at radius 2 is 2.00 bits per heavy atom. The molecule has 0 atom stereocenters. The fourth-order valence-electron chi connectivity index (χ4n) is 2.82. The van der Waals surface area contributed by atoms with Gasteiger partial charge in [0.2, 0.25) is 0 Å². The van der Waals surface area contributed by atoms with Crippen molar-refractivity contribution in [3.63, 3.8) is 0 Å². The Morgan fingerprint density at radius 3 is 2.71 bits per heavy atom. The molecule has 7 nitrogen and oxygen atoms in total. The van der Waals surface area contributed by atoms with Crippen LogP contribution >= 0.6 is 22.9 Å². The summed E-state index contributed by atoms with van der Waals surface area (Å²) in [6.45, 7) is 3.30. The molecule has 0 spiro atoms. The minimum absolute atomic E-state index is 0.303. The monoisotopic (exact) mass is 420 g/mol. The molecular weight excluding hydrogens is 404 g/mol. The van der Waals surface area contributed by atoms with Gasteiger partial charge in [0.1, 0.15) is 13.2 Å². The number of hydrogen-bond acceptors (Lipinski definition) is 7. The fraction of sp³-hybridized carbons (Fsp3) is 0.263. The second-order valence-electron chi connectivity index (χ2n) is 5.86. The molecule has 0 saturated heterocycles. The smallest absolute Gasteiger partial charge is 0.257 e. The van der Waals surface area contributed by atoms with Crippen LogP contribution in [-0.4, -0.2) is 37.8 Å². The highest BCUT2D eigenvalue weighted by atomic mass is 35.5. The highest BCUT2D eigenvalue weighted by Crippen LogP contribution is 2.39. The van der Waals surface area contributed by atoms with Crippen molar-refractivity contribution in [2.75, 3.05) is 32.2 Å². The van der Waals surface area contributed by atoms with Gasteiger partial charge in [0.05, 0.1) is 29.0 Å². The van der Waals surface area contributed by atoms with Gasteiger partial charge in [-0.3, -0.25) is 10.1 Å². The van der Waals surface area contributed by atoms with Crippen molar-refractivity contribution in [2.45, 2.75) is 6.92 Å². The summed E-state index contributed by atoms with van der Waals surface area (Å²) in [4.78, 5) is 17.1. The zero-order valence-corrected chi connectivity index (χ0v) is 16.8. The summed E-state index contributed by atoms with van der Waals surface area (Å²) < 4.78 is 22.8. The molecule has 4 rings (SSSR count). The first-order valence-electron chi connectivity index (χ1n) is 8.61. The molecule has 1 aliphatic rings. The van der Waals surface area contributed by atoms with E-state index in [4.69, 9.17) is 30.5 Å². The molecule has 2 aromatic carbocycles. The number of anilines is 1. The summed E-state index contributed by atoms with van der Waals surface area (Å²) in [5.41, 5.74) is 1.07. The molecule has 1 aromatic heterocycles. The van der Waals surface area contributed by atoms with Crippen molar-refractivity contribution < 1.29 is 23.7 Å². The molecule has 0 fully saturated rings. The molecule has 0 bridgehead atoms. The fourth-order valence-corrected chi connectivity index (χ4v) is 3.96. The van der Waals surface area contributed by atoms with Crippen molar-refractivity contribution in [3.05, 3.63) is 34.9 Å². The minimum atomic E-state index is -0.348. The van der Waals surface area contributed by atoms with E-state index in [0.717, 1.165) is 10.2 Å². The third-order valence-electron chi connectivity index (χ3n) is 4.05. The van der Waals surface area contributed by atoms with Gasteiger partial charge in [-0.1, -0.05) is 22.9 Å². The first-order valence-corrected chi connectivity index (χ1v) is 9.80. The Labute approximate surface area is 170 Å². The number of nitrogens with zero attached hydrogens (tertiary/aromatic N) is 1. The normalized spacial score (nSPS) is 12.7. The van der Waals surface area contributed by atoms with Gasteiger partial charge in [-0.15, -0.1) is 0 Å². The standard InChI is InChI=1S/C19H17ClN2O5S/c1-3-25-17-11(20)6-10(7-15(17)24-2)18(23)22-19-21-12-8-13-14(9-16(12)28-19)27-5-4-26-13/h6-9H,3-5H2,1-2H3,(H,21,22,23). The molecule has 1 N–H and O–H groups in total. The van der Waals surface area contributed by atoms with Gasteiger partial charge in [0.25, 0.3) is 5.91 Å². The number of carbonyl (C=O) groups is 1. The maximum atomic E-state index is 12.7. The van der Waals surface area contributed by atoms with Crippen molar-refractivity contribution >= 4 is 44.2 Å². The number of ether oxygens (including phenoxy) is 4. The van der Waals surface area contributed by atoms with Crippen LogP contribution in [0.1, 0.15) is 17.3 Å². The quantitative estimate of drug-likeness (QED) is 0.659. The lowest BCUT2D eigenvalue weighted by atomic mass is 10.2. The van der Waals surface area contributed by atoms with Gasteiger partial charge in [-0.25, -0.2) is 4.98 Å². The van der Waals surface area contributed by atoms with E-state index in [9.17, 15) is 4.79 Å². The van der Waals surface area contributed by atoms with Gasteiger partial charge >= 0.3 is 0 Å². The number of amides is 1. The Hall–Kier alpha value is -2.71. The van der Waals surface area contributed by atoms with Gasteiger partial charge in [0, 0.05) is 17.7 Å². The number of nitrogens with one attached hydrogen (secondary N) is 1. The van der Waals surface area contributed by atoms with Crippen molar-refractivity contribution in [3.8, 4) is 23.0 Å². The number of thiazole rings is 1. The Morgan fingerprint density at radius 1 is 1.25 bits per heavy atom. The largest absolute Gasteiger partial charge is 0.493 e. The van der Waals surface area contributed by atoms with E-state index < -0.39 is 0 Å². The van der Waals surface area contributed by atoms with E-state index in [0.29, 0.717) is 58.5 Å². The van der Waals surface area contributed by atoms with Crippen LogP contribution in [0.15, 0.2) is 24.3 Å². The van der Waals surface area contributed by atoms with Crippen LogP contribution in [0.2, 0.25) is 5.02 Å². The zero-order chi connectivity index (χ0) is 19.7. The molecule has 3 aromatic rings. The van der Waals surface area contributed by atoms with E-state index >= 15 is 0 Å². The van der Waals surface area contributed by atoms with E-state index in [1.165, 1.54) is 24.5 Å². The zero-order valence-electron chi connectivity index (χ0n) is 15.2. The van der Waals surface area contributed by atoms with E-state index in [1.807, 2.05) is 19.1 Å². The third-order valence-corrected chi connectivity index (χ3v) is 5.27. The maximum Gasteiger partial charge on any atom is 0.257 e. The first kappa shape index (κ1) is 18.6. The van der Waals surface area contributed by atoms with Crippen molar-refractivity contribution in [1.29, 1.82) is 0 Å². The number of carbonyl (C=O) groups excluding carboxylic acids is 1. The summed E-state index contributed by atoms with van der Waals surface area (Å²) in [6, 6.07) is 6.80. The lowest BCUT2D eigenvalue weighted by Crippen LogP contribution is -2.15. The molecule has 0 radical (unpaired) electrons. The van der Waals surface area contributed by atoms with Gasteiger partial charge < -0.3 is 18.9 Å². The van der Waals surface area contributed by atoms with Gasteiger partial charge in [-0.2, -0.15) is 0 Å². The topological polar surface area (TPSA) is 78.9 Å². The van der Waals surface area contributed by atoms with E-state index in [2.05, 4.69) is 10.3 Å². The highest BCUT2D eigenvalue weighted by molar-refractivity contribution is 7.22. The molecule has 0 saturated carbocycles. The average Bonchev–Trinajstić information content (AvgIpc) is 3.08. The summed E-state index contributed by atoms with van der Waals surface area (Å²) in [6.07, 6.45) is 0. The number of benzene rings is 2. The molecule has 0 unspecified atom stereocenters. The number of methoxy groups -OCH3 is 1. The van der Waals surface area contributed by atoms with Crippen LogP contribution in [0, 0.1) is 0 Å². The van der Waals surface area contributed by atoms with Gasteiger partial charge in [0.15, 0.2) is 28.1 Å². The van der Waals surface area contributed by atoms with Crippen molar-refractivity contribution in [2.24, 2.45) is 0 Å². The Kier molecular flexibility index (Phi) is 5.15. The van der Waals surface area contributed by atoms with Crippen molar-refractivity contribution in [1.82, 2.24) is 4.98 Å². The first-order chi connectivity index (χ1) is 13.6. The van der Waals surface area contributed by atoms with Crippen LogP contribution in [-0.2, 0) is 0 Å². The Bertz CT molecular complexity index is 1010. The molecule has 28 heavy (non-hydrogen) atoms. The number of fused-ring (bicyclic) bond motifs is 2. The third kappa shape index (κ3) is 3.53. The molecule has 2 heterocycles. The maximum absolute atomic E-state index is 12.7. The molecule has 146 valence electrons. The number of halogens is 1. The predicted molar refractivity (Wildman–Crippen MR) is 108 cm³/mol. The van der Waals surface area contributed by atoms with Crippen LogP contribution in [0.4, 0.5) is 5.13 Å². The summed E-state index contributed by atoms with van der Waals surface area (Å²) in [7, 11) is 1.50. The predicted octanol–water partition coefficient (Wildman–Crippen LogP) is 4.38. The average molecular weight is 421 g/mol. The highest BCUT2D eigenvalue weighted by Gasteiger charge is 2.19. The van der Waals surface area contributed by atoms with E-state index in [-0.39, 0.29) is 5.91 Å². The summed E-state index contributed by atoms with van der Waals surface area (Å²) >= 11 is 7.60. The molecule has 1 aliphatic heterocycles. The lowest BCUT2D eigenvalue weighted by Gasteiger charge is -2.17. The Balaban J connectivity index is 1.60. The second-order valence-corrected chi connectivity index (χ2v) is 7.30. The van der Waals surface area contributed by atoms with Crippen LogP contribution in [0.25, 0.3) is 10.2 Å². The van der Waals surface area contributed by atoms with E-state index in [1.54, 1.807) is 6.07 Å². The number of hydrogen-bond donors (Lipinski definition) is 1. The summed E-state index contributed by atoms with van der Waals surface area (Å²) in [5.74, 6) is 1.80. The lowest BCUT2D eigenvalue weighted by molar-refractivity contribution is 0.102. The minimum Gasteiger partial charge on any atom is -0.493 e. The van der Waals surface area contributed by atoms with Gasteiger partial charge in [-0.05, 0) is 19.1 Å².